The number of oxime groups is 1. The minimum absolute atomic E-state index is 0.0310. The Morgan fingerprint density at radius 3 is 2.36 bits per heavy atom. The summed E-state index contributed by atoms with van der Waals surface area (Å²) in [6.45, 7) is 9.75. The maximum Gasteiger partial charge on any atom is 0.271 e. The Bertz CT molecular complexity index is 727. The summed E-state index contributed by atoms with van der Waals surface area (Å²) in [6.07, 6.45) is 8.44. The van der Waals surface area contributed by atoms with E-state index < -0.39 is 0 Å². The highest BCUT2D eigenvalue weighted by Gasteiger charge is 2.46. The van der Waals surface area contributed by atoms with E-state index in [0.717, 1.165) is 50.6 Å². The molecule has 152 valence electrons. The van der Waals surface area contributed by atoms with Crippen LogP contribution >= 0.6 is 0 Å². The van der Waals surface area contributed by atoms with E-state index in [1.807, 2.05) is 11.0 Å². The third-order valence-electron chi connectivity index (χ3n) is 6.61. The fourth-order valence-electron chi connectivity index (χ4n) is 4.66. The highest BCUT2D eigenvalue weighted by molar-refractivity contribution is 6.39. The highest BCUT2D eigenvalue weighted by atomic mass is 16.7. The predicted molar refractivity (Wildman–Crippen MR) is 108 cm³/mol. The molecule has 0 bridgehead atoms. The lowest BCUT2D eigenvalue weighted by molar-refractivity contribution is -0.124. The zero-order chi connectivity index (χ0) is 19.8. The van der Waals surface area contributed by atoms with Crippen molar-refractivity contribution in [1.29, 1.82) is 0 Å². The molecule has 0 radical (unpaired) electrons. The van der Waals surface area contributed by atoms with E-state index in [2.05, 4.69) is 40.8 Å². The number of hydrogen-bond acceptors (Lipinski definition) is 6. The van der Waals surface area contributed by atoms with Gasteiger partial charge in [0.25, 0.3) is 5.91 Å². The van der Waals surface area contributed by atoms with E-state index >= 15 is 0 Å². The Kier molecular flexibility index (Phi) is 5.02. The van der Waals surface area contributed by atoms with Crippen LogP contribution in [0.5, 0.6) is 0 Å². The van der Waals surface area contributed by atoms with Gasteiger partial charge in [-0.25, -0.2) is 9.97 Å². The van der Waals surface area contributed by atoms with Crippen LogP contribution in [0.2, 0.25) is 0 Å². The summed E-state index contributed by atoms with van der Waals surface area (Å²) in [5, 5.41) is 4.24. The van der Waals surface area contributed by atoms with Crippen molar-refractivity contribution in [2.45, 2.75) is 58.5 Å². The fourth-order valence-corrected chi connectivity index (χ4v) is 4.66. The molecular weight excluding hydrogens is 354 g/mol. The number of carbonyl (C=O) groups excluding carboxylic acids is 1. The molecule has 2 fully saturated rings. The summed E-state index contributed by atoms with van der Waals surface area (Å²) < 4.78 is 0. The van der Waals surface area contributed by atoms with E-state index in [4.69, 9.17) is 4.84 Å². The number of carbonyl (C=O) groups is 1. The SMILES string of the molecule is CC(C)(C)[C@H]1CC[C@]2(CC1)CC(C(=O)N1CCN(c3ncccn3)CC1)=NO2. The first-order valence-electron chi connectivity index (χ1n) is 10.4. The molecule has 1 amide bonds. The van der Waals surface area contributed by atoms with Crippen molar-refractivity contribution in [3.63, 3.8) is 0 Å². The number of rotatable bonds is 2. The molecule has 1 spiro atoms. The van der Waals surface area contributed by atoms with Crippen LogP contribution in [0.25, 0.3) is 0 Å². The van der Waals surface area contributed by atoms with Gasteiger partial charge in [-0.2, -0.15) is 0 Å². The molecule has 3 aliphatic rings. The molecule has 7 heteroatoms. The number of aromatic nitrogens is 2. The maximum absolute atomic E-state index is 13.0. The normalized spacial score (nSPS) is 28.2. The summed E-state index contributed by atoms with van der Waals surface area (Å²) in [6, 6.07) is 1.81. The van der Waals surface area contributed by atoms with Crippen molar-refractivity contribution in [2.75, 3.05) is 31.1 Å². The van der Waals surface area contributed by atoms with E-state index in [1.165, 1.54) is 0 Å². The minimum Gasteiger partial charge on any atom is -0.388 e. The molecule has 1 saturated heterocycles. The Labute approximate surface area is 167 Å². The number of amides is 1. The minimum atomic E-state index is -0.244. The first-order valence-corrected chi connectivity index (χ1v) is 10.4. The van der Waals surface area contributed by atoms with Gasteiger partial charge in [0.2, 0.25) is 5.95 Å². The van der Waals surface area contributed by atoms with E-state index in [1.54, 1.807) is 12.4 Å². The molecule has 0 aromatic carbocycles. The topological polar surface area (TPSA) is 70.9 Å². The second-order valence-electron chi connectivity index (χ2n) is 9.46. The van der Waals surface area contributed by atoms with Crippen molar-refractivity contribution in [3.8, 4) is 0 Å². The van der Waals surface area contributed by atoms with E-state index in [-0.39, 0.29) is 11.5 Å². The van der Waals surface area contributed by atoms with E-state index in [9.17, 15) is 4.79 Å². The van der Waals surface area contributed by atoms with Crippen LogP contribution in [0.3, 0.4) is 0 Å². The molecule has 0 N–H and O–H groups in total. The lowest BCUT2D eigenvalue weighted by Crippen LogP contribution is -2.51. The smallest absolute Gasteiger partial charge is 0.271 e. The van der Waals surface area contributed by atoms with Gasteiger partial charge in [-0.1, -0.05) is 25.9 Å². The van der Waals surface area contributed by atoms with Crippen molar-refractivity contribution in [2.24, 2.45) is 16.5 Å². The molecule has 4 rings (SSSR count). The first kappa shape index (κ1) is 19.2. The number of nitrogens with zero attached hydrogens (tertiary/aromatic N) is 5. The molecule has 28 heavy (non-hydrogen) atoms. The Morgan fingerprint density at radius 1 is 1.11 bits per heavy atom. The van der Waals surface area contributed by atoms with Crippen molar-refractivity contribution < 1.29 is 9.63 Å². The van der Waals surface area contributed by atoms with Crippen LogP contribution in [0.4, 0.5) is 5.95 Å². The predicted octanol–water partition coefficient (Wildman–Crippen LogP) is 2.88. The van der Waals surface area contributed by atoms with Crippen LogP contribution in [0.15, 0.2) is 23.6 Å². The third-order valence-corrected chi connectivity index (χ3v) is 6.61. The molecule has 7 nitrogen and oxygen atoms in total. The Hall–Kier alpha value is -2.18. The van der Waals surface area contributed by atoms with Gasteiger partial charge in [0.15, 0.2) is 0 Å². The van der Waals surface area contributed by atoms with Gasteiger partial charge in [0, 0.05) is 45.0 Å². The standard InChI is InChI=1S/C21H31N5O2/c1-20(2,3)16-5-7-21(8-6-16)15-17(24-28-21)18(27)25-11-13-26(14-12-25)19-22-9-4-10-23-19/h4,9-10,16H,5-8,11-15H2,1-3H3/t16-,21-. The van der Waals surface area contributed by atoms with Gasteiger partial charge >= 0.3 is 0 Å². The Morgan fingerprint density at radius 2 is 1.75 bits per heavy atom. The molecular formula is C21H31N5O2. The highest BCUT2D eigenvalue weighted by Crippen LogP contribution is 2.46. The molecule has 1 saturated carbocycles. The zero-order valence-corrected chi connectivity index (χ0v) is 17.2. The lowest BCUT2D eigenvalue weighted by atomic mass is 9.67. The van der Waals surface area contributed by atoms with Gasteiger partial charge in [0.1, 0.15) is 11.3 Å². The second-order valence-corrected chi connectivity index (χ2v) is 9.46. The third kappa shape index (κ3) is 3.84. The van der Waals surface area contributed by atoms with Crippen LogP contribution in [-0.4, -0.2) is 58.3 Å². The van der Waals surface area contributed by atoms with Crippen LogP contribution < -0.4 is 4.90 Å². The fraction of sp³-hybridized carbons (Fsp3) is 0.714. The van der Waals surface area contributed by atoms with Crippen LogP contribution in [-0.2, 0) is 9.63 Å². The average Bonchev–Trinajstić information content (AvgIpc) is 3.11. The van der Waals surface area contributed by atoms with Gasteiger partial charge in [-0.3, -0.25) is 4.79 Å². The summed E-state index contributed by atoms with van der Waals surface area (Å²) in [5.41, 5.74) is 0.688. The van der Waals surface area contributed by atoms with Gasteiger partial charge < -0.3 is 14.6 Å². The lowest BCUT2D eigenvalue weighted by Gasteiger charge is -2.40. The van der Waals surface area contributed by atoms with Crippen molar-refractivity contribution in [3.05, 3.63) is 18.5 Å². The number of anilines is 1. The average molecular weight is 386 g/mol. The molecule has 1 aliphatic carbocycles. The van der Waals surface area contributed by atoms with Gasteiger partial charge in [-0.15, -0.1) is 0 Å². The molecule has 0 unspecified atom stereocenters. The maximum atomic E-state index is 13.0. The van der Waals surface area contributed by atoms with Crippen molar-refractivity contribution >= 4 is 17.6 Å². The quantitative estimate of drug-likeness (QED) is 0.783. The summed E-state index contributed by atoms with van der Waals surface area (Å²) in [5.74, 6) is 1.48. The summed E-state index contributed by atoms with van der Waals surface area (Å²) in [7, 11) is 0. The summed E-state index contributed by atoms with van der Waals surface area (Å²) >= 11 is 0. The van der Waals surface area contributed by atoms with Gasteiger partial charge in [-0.05, 0) is 43.1 Å². The molecule has 2 aliphatic heterocycles. The second kappa shape index (κ2) is 7.33. The molecule has 1 aromatic rings. The van der Waals surface area contributed by atoms with Crippen LogP contribution in [0, 0.1) is 11.3 Å². The Balaban J connectivity index is 1.30. The van der Waals surface area contributed by atoms with Crippen molar-refractivity contribution in [1.82, 2.24) is 14.9 Å². The molecule has 0 atom stereocenters. The number of piperazine rings is 1. The first-order chi connectivity index (χ1) is 13.4. The summed E-state index contributed by atoms with van der Waals surface area (Å²) in [4.78, 5) is 31.4. The number of hydrogen-bond donors (Lipinski definition) is 0. The van der Waals surface area contributed by atoms with E-state index in [0.29, 0.717) is 30.6 Å². The monoisotopic (exact) mass is 385 g/mol. The van der Waals surface area contributed by atoms with Crippen LogP contribution in [0.1, 0.15) is 52.9 Å². The molecule has 1 aromatic heterocycles. The zero-order valence-electron chi connectivity index (χ0n) is 17.2. The van der Waals surface area contributed by atoms with Gasteiger partial charge in [0.05, 0.1) is 0 Å². The largest absolute Gasteiger partial charge is 0.388 e. The molecule has 3 heterocycles.